The molecule has 0 aliphatic heterocycles. The number of fused-ring (bicyclic) bond motifs is 1. The quantitative estimate of drug-likeness (QED) is 0.361. The Kier molecular flexibility index (Phi) is 6.11. The summed E-state index contributed by atoms with van der Waals surface area (Å²) >= 11 is 0. The molecule has 2 heterocycles. The van der Waals surface area contributed by atoms with Crippen LogP contribution in [-0.4, -0.2) is 28.8 Å². The highest BCUT2D eigenvalue weighted by Gasteiger charge is 2.22. The first-order valence-electron chi connectivity index (χ1n) is 11.5. The van der Waals surface area contributed by atoms with E-state index in [0.29, 0.717) is 45.2 Å². The second-order valence-electron chi connectivity index (χ2n) is 8.63. The van der Waals surface area contributed by atoms with E-state index in [1.165, 1.54) is 19.2 Å². The Morgan fingerprint density at radius 2 is 1.74 bits per heavy atom. The van der Waals surface area contributed by atoms with Crippen LogP contribution < -0.4 is 19.8 Å². The number of methoxy groups -OCH3 is 2. The van der Waals surface area contributed by atoms with Crippen molar-refractivity contribution in [1.82, 2.24) is 14.5 Å². The number of halogens is 1. The van der Waals surface area contributed by atoms with Crippen LogP contribution in [0.2, 0.25) is 0 Å². The number of aromatic nitrogens is 3. The Morgan fingerprint density at radius 3 is 2.46 bits per heavy atom. The zero-order chi connectivity index (χ0) is 24.5. The SMILES string of the molecule is COc1ccc2c(Oc3ccc(-c4cnc(C5CCCC5)n(C)c4=O)cc3F)ccnc2c1OC. The monoisotopic (exact) mass is 475 g/mol. The van der Waals surface area contributed by atoms with Crippen molar-refractivity contribution in [3.63, 3.8) is 0 Å². The summed E-state index contributed by atoms with van der Waals surface area (Å²) in [6.07, 6.45) is 7.52. The number of benzene rings is 2. The Morgan fingerprint density at radius 1 is 0.971 bits per heavy atom. The molecule has 7 nitrogen and oxygen atoms in total. The number of hydrogen-bond donors (Lipinski definition) is 0. The van der Waals surface area contributed by atoms with Gasteiger partial charge in [-0.3, -0.25) is 14.3 Å². The van der Waals surface area contributed by atoms with Crippen molar-refractivity contribution < 1.29 is 18.6 Å². The Bertz CT molecular complexity index is 1460. The van der Waals surface area contributed by atoms with Crippen LogP contribution in [0.25, 0.3) is 22.0 Å². The molecule has 0 amide bonds. The van der Waals surface area contributed by atoms with E-state index in [2.05, 4.69) is 9.97 Å². The molecule has 2 aromatic heterocycles. The van der Waals surface area contributed by atoms with Gasteiger partial charge in [0, 0.05) is 30.7 Å². The fourth-order valence-electron chi connectivity index (χ4n) is 4.78. The minimum Gasteiger partial charge on any atom is -0.493 e. The molecule has 0 N–H and O–H groups in total. The van der Waals surface area contributed by atoms with Gasteiger partial charge in [-0.1, -0.05) is 18.9 Å². The van der Waals surface area contributed by atoms with Crippen molar-refractivity contribution in [3.8, 4) is 34.1 Å². The Hall–Kier alpha value is -3.94. The normalized spacial score (nSPS) is 13.8. The maximum Gasteiger partial charge on any atom is 0.261 e. The largest absolute Gasteiger partial charge is 0.493 e. The van der Waals surface area contributed by atoms with E-state index < -0.39 is 5.82 Å². The van der Waals surface area contributed by atoms with E-state index in [-0.39, 0.29) is 11.3 Å². The topological polar surface area (TPSA) is 75.5 Å². The van der Waals surface area contributed by atoms with Crippen LogP contribution in [0.5, 0.6) is 23.0 Å². The summed E-state index contributed by atoms with van der Waals surface area (Å²) in [7, 11) is 4.81. The molecule has 0 radical (unpaired) electrons. The average molecular weight is 476 g/mol. The van der Waals surface area contributed by atoms with E-state index in [4.69, 9.17) is 14.2 Å². The van der Waals surface area contributed by atoms with Crippen molar-refractivity contribution >= 4 is 10.9 Å². The van der Waals surface area contributed by atoms with Crippen LogP contribution in [0.15, 0.2) is 53.6 Å². The van der Waals surface area contributed by atoms with Gasteiger partial charge in [0.1, 0.15) is 17.1 Å². The summed E-state index contributed by atoms with van der Waals surface area (Å²) in [4.78, 5) is 22.0. The van der Waals surface area contributed by atoms with Crippen molar-refractivity contribution in [3.05, 3.63) is 70.8 Å². The number of ether oxygens (including phenoxy) is 3. The Balaban J connectivity index is 1.47. The fourth-order valence-corrected chi connectivity index (χ4v) is 4.78. The highest BCUT2D eigenvalue weighted by atomic mass is 19.1. The number of pyridine rings is 1. The van der Waals surface area contributed by atoms with Gasteiger partial charge in [-0.05, 0) is 48.7 Å². The van der Waals surface area contributed by atoms with Crippen LogP contribution in [-0.2, 0) is 7.05 Å². The fraction of sp³-hybridized carbons (Fsp3) is 0.296. The highest BCUT2D eigenvalue weighted by Crippen LogP contribution is 2.39. The van der Waals surface area contributed by atoms with Crippen LogP contribution in [0, 0.1) is 5.82 Å². The summed E-state index contributed by atoms with van der Waals surface area (Å²) in [5.74, 6) is 1.97. The van der Waals surface area contributed by atoms with Crippen molar-refractivity contribution in [2.24, 2.45) is 7.05 Å². The van der Waals surface area contributed by atoms with Crippen LogP contribution >= 0.6 is 0 Å². The summed E-state index contributed by atoms with van der Waals surface area (Å²) in [6.45, 7) is 0. The molecule has 1 fully saturated rings. The lowest BCUT2D eigenvalue weighted by Gasteiger charge is -2.15. The highest BCUT2D eigenvalue weighted by molar-refractivity contribution is 5.92. The van der Waals surface area contributed by atoms with Gasteiger partial charge in [0.15, 0.2) is 23.1 Å². The van der Waals surface area contributed by atoms with Gasteiger partial charge in [0.25, 0.3) is 5.56 Å². The first-order chi connectivity index (χ1) is 17.0. The summed E-state index contributed by atoms with van der Waals surface area (Å²) in [5, 5.41) is 0.647. The molecule has 35 heavy (non-hydrogen) atoms. The summed E-state index contributed by atoms with van der Waals surface area (Å²) in [5.41, 5.74) is 1.16. The summed E-state index contributed by atoms with van der Waals surface area (Å²) < 4.78 is 33.4. The number of rotatable bonds is 6. The van der Waals surface area contributed by atoms with Crippen molar-refractivity contribution in [2.75, 3.05) is 14.2 Å². The predicted octanol–water partition coefficient (Wildman–Crippen LogP) is 5.60. The van der Waals surface area contributed by atoms with E-state index in [1.54, 1.807) is 55.4 Å². The van der Waals surface area contributed by atoms with Crippen molar-refractivity contribution in [2.45, 2.75) is 31.6 Å². The van der Waals surface area contributed by atoms with Crippen LogP contribution in [0.1, 0.15) is 37.4 Å². The number of nitrogens with zero attached hydrogens (tertiary/aromatic N) is 3. The molecule has 0 spiro atoms. The molecule has 0 bridgehead atoms. The lowest BCUT2D eigenvalue weighted by atomic mass is 10.1. The second-order valence-corrected chi connectivity index (χ2v) is 8.63. The van der Waals surface area contributed by atoms with Crippen molar-refractivity contribution in [1.29, 1.82) is 0 Å². The second kappa shape index (κ2) is 9.37. The zero-order valence-electron chi connectivity index (χ0n) is 19.9. The smallest absolute Gasteiger partial charge is 0.261 e. The maximum absolute atomic E-state index is 15.1. The molecule has 2 aromatic carbocycles. The van der Waals surface area contributed by atoms with E-state index in [0.717, 1.165) is 31.5 Å². The van der Waals surface area contributed by atoms with Gasteiger partial charge in [-0.25, -0.2) is 9.37 Å². The molecule has 4 aromatic rings. The standard InChI is InChI=1S/C27H26FN3O4/c1-31-26(16-6-4-5-7-16)30-15-19(27(31)32)17-8-10-22(20(28)14-17)35-21-12-13-29-24-18(21)9-11-23(33-2)25(24)34-3/h8-16H,4-7H2,1-3H3. The van der Waals surface area contributed by atoms with Crippen LogP contribution in [0.3, 0.4) is 0 Å². The minimum atomic E-state index is -0.588. The predicted molar refractivity (Wildman–Crippen MR) is 131 cm³/mol. The molecular weight excluding hydrogens is 449 g/mol. The molecule has 5 rings (SSSR count). The molecule has 1 aliphatic carbocycles. The molecule has 0 saturated heterocycles. The zero-order valence-corrected chi connectivity index (χ0v) is 19.9. The average Bonchev–Trinajstić information content (AvgIpc) is 3.41. The van der Waals surface area contributed by atoms with E-state index in [1.807, 2.05) is 0 Å². The molecule has 1 aliphatic rings. The van der Waals surface area contributed by atoms with Gasteiger partial charge in [0.05, 0.1) is 19.8 Å². The van der Waals surface area contributed by atoms with Crippen LogP contribution in [0.4, 0.5) is 4.39 Å². The molecule has 1 saturated carbocycles. The lowest BCUT2D eigenvalue weighted by Crippen LogP contribution is -2.24. The molecule has 180 valence electrons. The third-order valence-electron chi connectivity index (χ3n) is 6.60. The third-order valence-corrected chi connectivity index (χ3v) is 6.60. The maximum atomic E-state index is 15.1. The minimum absolute atomic E-state index is 0.0309. The van der Waals surface area contributed by atoms with Gasteiger partial charge >= 0.3 is 0 Å². The molecular formula is C27H26FN3O4. The van der Waals surface area contributed by atoms with E-state index in [9.17, 15) is 4.79 Å². The first kappa shape index (κ1) is 22.8. The van der Waals surface area contributed by atoms with E-state index >= 15 is 4.39 Å². The first-order valence-corrected chi connectivity index (χ1v) is 11.5. The van der Waals surface area contributed by atoms with Gasteiger partial charge in [-0.2, -0.15) is 0 Å². The van der Waals surface area contributed by atoms with Gasteiger partial charge < -0.3 is 14.2 Å². The molecule has 8 heteroatoms. The molecule has 0 unspecified atom stereocenters. The third kappa shape index (κ3) is 4.09. The Labute approximate surface area is 202 Å². The molecule has 0 atom stereocenters. The lowest BCUT2D eigenvalue weighted by molar-refractivity contribution is 0.358. The number of hydrogen-bond acceptors (Lipinski definition) is 6. The van der Waals surface area contributed by atoms with Gasteiger partial charge in [0.2, 0.25) is 0 Å². The summed E-state index contributed by atoms with van der Waals surface area (Å²) in [6, 6.07) is 9.67. The van der Waals surface area contributed by atoms with Gasteiger partial charge in [-0.15, -0.1) is 0 Å².